The van der Waals surface area contributed by atoms with Gasteiger partial charge in [-0.1, -0.05) is 45.1 Å². The van der Waals surface area contributed by atoms with Crippen LogP contribution in [0.4, 0.5) is 4.79 Å². The van der Waals surface area contributed by atoms with Crippen molar-refractivity contribution in [2.75, 3.05) is 13.2 Å². The molecule has 0 saturated carbocycles. The van der Waals surface area contributed by atoms with Crippen molar-refractivity contribution in [3.8, 4) is 0 Å². The van der Waals surface area contributed by atoms with Crippen LogP contribution < -0.4 is 5.32 Å². The number of aliphatic hydroxyl groups excluding tert-OH is 1. The van der Waals surface area contributed by atoms with Crippen LogP contribution in [0.1, 0.15) is 67.2 Å². The Morgan fingerprint density at radius 1 is 1.33 bits per heavy atom. The van der Waals surface area contributed by atoms with Crippen LogP contribution in [-0.4, -0.2) is 65.3 Å². The second-order valence-corrected chi connectivity index (χ2v) is 9.74. The number of alkyl carbamates (subject to hydrolysis) is 1. The molecule has 0 unspecified atom stereocenters. The number of hydrogen-bond donors (Lipinski definition) is 3. The number of ether oxygens (including phenoxy) is 3. The summed E-state index contributed by atoms with van der Waals surface area (Å²) in [5.74, 6) is -1.41. The molecule has 1 heterocycles. The smallest absolute Gasteiger partial charge is 0.407 e. The first kappa shape index (κ1) is 31.4. The van der Waals surface area contributed by atoms with Gasteiger partial charge < -0.3 is 29.7 Å². The maximum Gasteiger partial charge on any atom is 0.407 e. The summed E-state index contributed by atoms with van der Waals surface area (Å²) < 4.78 is 16.2. The summed E-state index contributed by atoms with van der Waals surface area (Å²) in [7, 11) is 0. The molecule has 204 valence electrons. The van der Waals surface area contributed by atoms with Crippen LogP contribution >= 0.6 is 0 Å². The fourth-order valence-electron chi connectivity index (χ4n) is 3.66. The molecule has 1 aliphatic rings. The molecule has 0 aromatic carbocycles. The van der Waals surface area contributed by atoms with E-state index in [9.17, 15) is 24.6 Å². The molecule has 0 aromatic rings. The lowest BCUT2D eigenvalue weighted by atomic mass is 9.88. The molecule has 1 amide bonds. The van der Waals surface area contributed by atoms with E-state index < -0.39 is 41.9 Å². The van der Waals surface area contributed by atoms with E-state index in [0.717, 1.165) is 12.0 Å². The number of rotatable bonds is 8. The van der Waals surface area contributed by atoms with Crippen LogP contribution in [-0.2, 0) is 23.8 Å². The molecule has 36 heavy (non-hydrogen) atoms. The van der Waals surface area contributed by atoms with Gasteiger partial charge in [0, 0.05) is 25.3 Å². The Kier molecular flexibility index (Phi) is 13.5. The van der Waals surface area contributed by atoms with E-state index in [0.29, 0.717) is 6.54 Å². The molecule has 0 radical (unpaired) electrons. The second-order valence-electron chi connectivity index (χ2n) is 9.74. The maximum atomic E-state index is 12.5. The summed E-state index contributed by atoms with van der Waals surface area (Å²) in [6, 6.07) is 0. The number of amides is 1. The van der Waals surface area contributed by atoms with E-state index in [2.05, 4.69) is 5.32 Å². The molecule has 6 atom stereocenters. The quantitative estimate of drug-likeness (QED) is 0.196. The number of carbonyl (C=O) groups is 3. The molecule has 0 bridgehead atoms. The van der Waals surface area contributed by atoms with Crippen molar-refractivity contribution in [3.63, 3.8) is 0 Å². The number of aliphatic hydroxyl groups is 2. The lowest BCUT2D eigenvalue weighted by Crippen LogP contribution is -2.42. The highest BCUT2D eigenvalue weighted by molar-refractivity contribution is 5.70. The summed E-state index contributed by atoms with van der Waals surface area (Å²) in [5.41, 5.74) is -0.659. The van der Waals surface area contributed by atoms with Gasteiger partial charge in [-0.3, -0.25) is 9.59 Å². The lowest BCUT2D eigenvalue weighted by molar-refractivity contribution is -0.157. The van der Waals surface area contributed by atoms with Gasteiger partial charge in [0.2, 0.25) is 0 Å². The summed E-state index contributed by atoms with van der Waals surface area (Å²) in [6.07, 6.45) is 6.76. The largest absolute Gasteiger partial charge is 0.457 e. The highest BCUT2D eigenvalue weighted by atomic mass is 16.6. The molecular formula is C27H43NO8. The lowest BCUT2D eigenvalue weighted by Gasteiger charge is -2.32. The molecule has 9 nitrogen and oxygen atoms in total. The van der Waals surface area contributed by atoms with Crippen molar-refractivity contribution in [3.05, 3.63) is 36.0 Å². The predicted molar refractivity (Wildman–Crippen MR) is 136 cm³/mol. The summed E-state index contributed by atoms with van der Waals surface area (Å²) in [5, 5.41) is 23.8. The van der Waals surface area contributed by atoms with Crippen molar-refractivity contribution in [1.82, 2.24) is 5.32 Å². The summed E-state index contributed by atoms with van der Waals surface area (Å²) in [6.45, 7) is 11.2. The molecule has 0 aliphatic carbocycles. The van der Waals surface area contributed by atoms with Crippen molar-refractivity contribution in [2.45, 2.75) is 91.1 Å². The number of nitrogens with one attached hydrogen (secondary N) is 1. The third kappa shape index (κ3) is 11.9. The van der Waals surface area contributed by atoms with Gasteiger partial charge in [-0.15, -0.1) is 0 Å². The standard InChI is InChI=1S/C27H43NO8/c1-7-15-28-26(32)34-17-18(2)9-8-10-19(3)25-20(4)11-12-23(35-21(5)29)27(6,33)14-13-22(30)16-24(31)36-25/h8-12,18,20,22-23,25,30,33H,7,13-17H2,1-6H3,(H,28,32)/b9-8+,12-11-,19-10+/t18-,20-,22-,23-,25+,27-/m0/s1. The number of cyclic esters (lactones) is 1. The Morgan fingerprint density at radius 3 is 2.67 bits per heavy atom. The third-order valence-electron chi connectivity index (χ3n) is 5.86. The molecule has 0 spiro atoms. The zero-order valence-corrected chi connectivity index (χ0v) is 22.4. The van der Waals surface area contributed by atoms with Crippen LogP contribution in [0.15, 0.2) is 36.0 Å². The summed E-state index contributed by atoms with van der Waals surface area (Å²) >= 11 is 0. The number of hydrogen-bond acceptors (Lipinski definition) is 8. The normalized spacial score (nSPS) is 29.9. The Bertz CT molecular complexity index is 817. The Morgan fingerprint density at radius 2 is 2.03 bits per heavy atom. The Hall–Kier alpha value is -2.65. The number of carbonyl (C=O) groups excluding carboxylic acids is 3. The molecule has 3 N–H and O–H groups in total. The monoisotopic (exact) mass is 509 g/mol. The minimum absolute atomic E-state index is 0.0283. The van der Waals surface area contributed by atoms with E-state index in [1.807, 2.05) is 45.9 Å². The first-order valence-electron chi connectivity index (χ1n) is 12.6. The van der Waals surface area contributed by atoms with E-state index in [1.54, 1.807) is 12.2 Å². The van der Waals surface area contributed by atoms with Gasteiger partial charge in [-0.25, -0.2) is 4.79 Å². The molecule has 1 rings (SSSR count). The van der Waals surface area contributed by atoms with Crippen molar-refractivity contribution >= 4 is 18.0 Å². The molecule has 9 heteroatoms. The highest BCUT2D eigenvalue weighted by Gasteiger charge is 2.35. The zero-order chi connectivity index (χ0) is 27.3. The van der Waals surface area contributed by atoms with E-state index >= 15 is 0 Å². The van der Waals surface area contributed by atoms with Crippen LogP contribution in [0.5, 0.6) is 0 Å². The van der Waals surface area contributed by atoms with Crippen LogP contribution in [0.2, 0.25) is 0 Å². The molecule has 0 saturated heterocycles. The average Bonchev–Trinajstić information content (AvgIpc) is 2.80. The zero-order valence-electron chi connectivity index (χ0n) is 22.4. The van der Waals surface area contributed by atoms with Crippen LogP contribution in [0, 0.1) is 11.8 Å². The van der Waals surface area contributed by atoms with Gasteiger partial charge in [0.15, 0.2) is 0 Å². The van der Waals surface area contributed by atoms with Crippen LogP contribution in [0.3, 0.4) is 0 Å². The number of allylic oxidation sites excluding steroid dienone is 2. The fourth-order valence-corrected chi connectivity index (χ4v) is 3.66. The molecule has 1 aliphatic heterocycles. The molecule has 0 aromatic heterocycles. The maximum absolute atomic E-state index is 12.5. The highest BCUT2D eigenvalue weighted by Crippen LogP contribution is 2.26. The SMILES string of the molecule is CCCNC(=O)OC[C@@H](C)/C=C/C=C(\C)[C@H]1OC(=O)C[C@@H](O)CC[C@](C)(O)[C@@H](OC(C)=O)/C=C\[C@@H]1C. The molecular weight excluding hydrogens is 466 g/mol. The van der Waals surface area contributed by atoms with E-state index in [1.165, 1.54) is 13.8 Å². The van der Waals surface area contributed by atoms with Crippen molar-refractivity contribution in [1.29, 1.82) is 0 Å². The topological polar surface area (TPSA) is 131 Å². The van der Waals surface area contributed by atoms with E-state index in [4.69, 9.17) is 14.2 Å². The average molecular weight is 510 g/mol. The Balaban J connectivity index is 3.02. The van der Waals surface area contributed by atoms with Gasteiger partial charge in [0.1, 0.15) is 17.8 Å². The second kappa shape index (κ2) is 15.5. The van der Waals surface area contributed by atoms with E-state index in [-0.39, 0.29) is 37.7 Å². The van der Waals surface area contributed by atoms with Gasteiger partial charge in [-0.05, 0) is 44.8 Å². The predicted octanol–water partition coefficient (Wildman–Crippen LogP) is 3.59. The Labute approximate surface area is 214 Å². The first-order chi connectivity index (χ1) is 16.9. The van der Waals surface area contributed by atoms with Gasteiger partial charge >= 0.3 is 18.0 Å². The van der Waals surface area contributed by atoms with Gasteiger partial charge in [-0.2, -0.15) is 0 Å². The van der Waals surface area contributed by atoms with Crippen molar-refractivity contribution in [2.24, 2.45) is 11.8 Å². The number of esters is 2. The molecule has 0 fully saturated rings. The van der Waals surface area contributed by atoms with Crippen molar-refractivity contribution < 1.29 is 38.8 Å². The third-order valence-corrected chi connectivity index (χ3v) is 5.86. The van der Waals surface area contributed by atoms with Gasteiger partial charge in [0.25, 0.3) is 0 Å². The van der Waals surface area contributed by atoms with Crippen LogP contribution in [0.25, 0.3) is 0 Å². The van der Waals surface area contributed by atoms with Gasteiger partial charge in [0.05, 0.1) is 19.1 Å². The minimum atomic E-state index is -1.42. The minimum Gasteiger partial charge on any atom is -0.457 e. The summed E-state index contributed by atoms with van der Waals surface area (Å²) in [4.78, 5) is 35.7. The first-order valence-corrected chi connectivity index (χ1v) is 12.6. The fraction of sp³-hybridized carbons (Fsp3) is 0.667.